The minimum absolute atomic E-state index is 0.00511. The normalized spacial score (nSPS) is 10.6. The fraction of sp³-hybridized carbons (Fsp3) is 0.111. The third kappa shape index (κ3) is 1.87. The number of aryl methyl sites for hydroxylation is 1. The van der Waals surface area contributed by atoms with Gasteiger partial charge in [-0.3, -0.25) is 0 Å². The van der Waals surface area contributed by atoms with Gasteiger partial charge in [0, 0.05) is 0 Å². The van der Waals surface area contributed by atoms with Crippen molar-refractivity contribution in [3.63, 3.8) is 0 Å². The van der Waals surface area contributed by atoms with Crippen LogP contribution in [-0.4, -0.2) is 31.3 Å². The smallest absolute Gasteiger partial charge is 0.365 e. The first-order chi connectivity index (χ1) is 8.43. The van der Waals surface area contributed by atoms with E-state index in [0.29, 0.717) is 5.56 Å². The lowest BCUT2D eigenvalue weighted by atomic mass is 10.1. The first-order valence-corrected chi connectivity index (χ1v) is 5.41. The van der Waals surface area contributed by atoms with Gasteiger partial charge in [0.2, 0.25) is 0 Å². The third-order valence-electron chi connectivity index (χ3n) is 2.27. The summed E-state index contributed by atoms with van der Waals surface area (Å²) in [5.41, 5.74) is -0.373. The van der Waals surface area contributed by atoms with E-state index in [1.165, 1.54) is 6.07 Å². The number of carboxylic acid groups (broad SMARTS) is 1. The Morgan fingerprint density at radius 1 is 1.44 bits per heavy atom. The summed E-state index contributed by atoms with van der Waals surface area (Å²) in [6.07, 6.45) is 0. The quantitative estimate of drug-likeness (QED) is 0.867. The van der Waals surface area contributed by atoms with Crippen LogP contribution in [0.1, 0.15) is 15.9 Å². The van der Waals surface area contributed by atoms with Crippen molar-refractivity contribution >= 4 is 29.2 Å². The second-order valence-electron chi connectivity index (χ2n) is 3.44. The third-order valence-corrected chi connectivity index (χ3v) is 3.13. The highest BCUT2D eigenvalue weighted by molar-refractivity contribution is 6.40. The number of H-pyrrole nitrogens is 1. The summed E-state index contributed by atoms with van der Waals surface area (Å²) in [6.45, 7) is 1.60. The Balaban J connectivity index is 2.86. The molecule has 0 bridgehead atoms. The van der Waals surface area contributed by atoms with Crippen molar-refractivity contribution in [2.45, 2.75) is 6.92 Å². The second-order valence-corrected chi connectivity index (χ2v) is 4.20. The van der Waals surface area contributed by atoms with Crippen molar-refractivity contribution in [3.05, 3.63) is 37.7 Å². The van der Waals surface area contributed by atoms with Gasteiger partial charge in [0.25, 0.3) is 0 Å². The molecule has 0 unspecified atom stereocenters. The maximum atomic E-state index is 11.4. The Bertz CT molecular complexity index is 692. The maximum absolute atomic E-state index is 11.4. The zero-order valence-corrected chi connectivity index (χ0v) is 10.5. The summed E-state index contributed by atoms with van der Waals surface area (Å²) in [5, 5.41) is 17.8. The summed E-state index contributed by atoms with van der Waals surface area (Å²) in [5.74, 6) is -1.22. The highest BCUT2D eigenvalue weighted by Crippen LogP contribution is 2.33. The van der Waals surface area contributed by atoms with Crippen LogP contribution < -0.4 is 5.69 Å². The van der Waals surface area contributed by atoms with E-state index in [9.17, 15) is 9.59 Å². The SMILES string of the molecule is Cc1cc(C(=O)O)c(Cl)c(-n2nn[nH]c2=O)c1Cl. The molecule has 2 rings (SSSR count). The van der Waals surface area contributed by atoms with Crippen LogP contribution in [-0.2, 0) is 0 Å². The van der Waals surface area contributed by atoms with Crippen molar-refractivity contribution in [1.29, 1.82) is 0 Å². The standard InChI is InChI=1S/C9H6Cl2N4O3/c1-3-2-4(8(16)17)6(11)7(5(3)10)15-9(18)12-13-14-15/h2H,1H3,(H,16,17)(H,12,14,18). The number of hydrogen-bond donors (Lipinski definition) is 2. The molecule has 0 aliphatic heterocycles. The fourth-order valence-electron chi connectivity index (χ4n) is 1.44. The van der Waals surface area contributed by atoms with Gasteiger partial charge in [0.05, 0.1) is 15.6 Å². The van der Waals surface area contributed by atoms with Crippen molar-refractivity contribution < 1.29 is 9.90 Å². The summed E-state index contributed by atoms with van der Waals surface area (Å²) in [4.78, 5) is 22.5. The Morgan fingerprint density at radius 3 is 2.61 bits per heavy atom. The molecule has 2 aromatic rings. The lowest BCUT2D eigenvalue weighted by Gasteiger charge is -2.10. The molecule has 0 saturated carbocycles. The molecule has 94 valence electrons. The van der Waals surface area contributed by atoms with E-state index in [1.807, 2.05) is 0 Å². The highest BCUT2D eigenvalue weighted by atomic mass is 35.5. The van der Waals surface area contributed by atoms with E-state index in [1.54, 1.807) is 6.92 Å². The van der Waals surface area contributed by atoms with E-state index in [4.69, 9.17) is 28.3 Å². The van der Waals surface area contributed by atoms with Crippen LogP contribution in [0.3, 0.4) is 0 Å². The highest BCUT2D eigenvalue weighted by Gasteiger charge is 2.21. The maximum Gasteiger partial charge on any atom is 0.365 e. The largest absolute Gasteiger partial charge is 0.478 e. The number of rotatable bonds is 2. The van der Waals surface area contributed by atoms with E-state index < -0.39 is 11.7 Å². The lowest BCUT2D eigenvalue weighted by Crippen LogP contribution is -2.18. The van der Waals surface area contributed by atoms with Crippen LogP contribution in [0.25, 0.3) is 5.69 Å². The van der Waals surface area contributed by atoms with E-state index in [0.717, 1.165) is 4.68 Å². The van der Waals surface area contributed by atoms with Gasteiger partial charge < -0.3 is 5.11 Å². The Hall–Kier alpha value is -1.86. The number of carbonyl (C=O) groups is 1. The molecule has 0 atom stereocenters. The summed E-state index contributed by atoms with van der Waals surface area (Å²) in [6, 6.07) is 1.32. The van der Waals surface area contributed by atoms with E-state index in [-0.39, 0.29) is 21.3 Å². The molecule has 0 saturated heterocycles. The zero-order valence-electron chi connectivity index (χ0n) is 8.94. The van der Waals surface area contributed by atoms with Gasteiger partial charge in [0.1, 0.15) is 5.69 Å². The minimum atomic E-state index is -1.22. The van der Waals surface area contributed by atoms with E-state index >= 15 is 0 Å². The van der Waals surface area contributed by atoms with Crippen molar-refractivity contribution in [2.75, 3.05) is 0 Å². The number of benzene rings is 1. The van der Waals surface area contributed by atoms with Crippen LogP contribution in [0.2, 0.25) is 10.0 Å². The molecule has 18 heavy (non-hydrogen) atoms. The van der Waals surface area contributed by atoms with E-state index in [2.05, 4.69) is 15.5 Å². The molecule has 0 fully saturated rings. The number of tetrazole rings is 1. The van der Waals surface area contributed by atoms with Crippen LogP contribution in [0.15, 0.2) is 10.9 Å². The topological polar surface area (TPSA) is 101 Å². The summed E-state index contributed by atoms with van der Waals surface area (Å²) >= 11 is 12.0. The molecule has 1 heterocycles. The average molecular weight is 289 g/mol. The number of aromatic carboxylic acids is 1. The minimum Gasteiger partial charge on any atom is -0.478 e. The van der Waals surface area contributed by atoms with Crippen LogP contribution in [0, 0.1) is 6.92 Å². The average Bonchev–Trinajstić information content (AvgIpc) is 2.70. The number of halogens is 2. The fourth-order valence-corrected chi connectivity index (χ4v) is 2.03. The first kappa shape index (κ1) is 12.6. The molecular formula is C9H6Cl2N4O3. The summed E-state index contributed by atoms with van der Waals surface area (Å²) in [7, 11) is 0. The number of aromatic nitrogens is 4. The molecule has 0 spiro atoms. The van der Waals surface area contributed by atoms with Gasteiger partial charge >= 0.3 is 11.7 Å². The molecule has 1 aromatic heterocycles. The molecule has 0 amide bonds. The predicted molar refractivity (Wildman–Crippen MR) is 63.7 cm³/mol. The van der Waals surface area contributed by atoms with Crippen molar-refractivity contribution in [1.82, 2.24) is 20.2 Å². The lowest BCUT2D eigenvalue weighted by molar-refractivity contribution is 0.0697. The number of carboxylic acids is 1. The van der Waals surface area contributed by atoms with Gasteiger partial charge in [-0.05, 0) is 29.0 Å². The molecule has 0 radical (unpaired) electrons. The van der Waals surface area contributed by atoms with Crippen LogP contribution >= 0.6 is 23.2 Å². The molecule has 0 aliphatic rings. The number of nitrogens with zero attached hydrogens (tertiary/aromatic N) is 3. The Morgan fingerprint density at radius 2 is 2.11 bits per heavy atom. The number of hydrogen-bond acceptors (Lipinski definition) is 4. The van der Waals surface area contributed by atoms with Gasteiger partial charge in [-0.2, -0.15) is 4.68 Å². The van der Waals surface area contributed by atoms with Crippen molar-refractivity contribution in [3.8, 4) is 5.69 Å². The van der Waals surface area contributed by atoms with Crippen LogP contribution in [0.5, 0.6) is 0 Å². The Labute approximate surface area is 110 Å². The molecule has 2 N–H and O–H groups in total. The Kier molecular flexibility index (Phi) is 3.10. The second kappa shape index (κ2) is 4.43. The molecule has 0 aliphatic carbocycles. The van der Waals surface area contributed by atoms with Crippen LogP contribution in [0.4, 0.5) is 0 Å². The monoisotopic (exact) mass is 288 g/mol. The van der Waals surface area contributed by atoms with Gasteiger partial charge in [-0.1, -0.05) is 23.2 Å². The number of nitrogens with one attached hydrogen (secondary N) is 1. The predicted octanol–water partition coefficient (Wildman–Crippen LogP) is 1.27. The molecule has 1 aromatic carbocycles. The first-order valence-electron chi connectivity index (χ1n) is 4.66. The summed E-state index contributed by atoms with van der Waals surface area (Å²) < 4.78 is 0.810. The van der Waals surface area contributed by atoms with Gasteiger partial charge in [-0.25, -0.2) is 14.7 Å². The zero-order chi connectivity index (χ0) is 13.4. The van der Waals surface area contributed by atoms with Gasteiger partial charge in [0.15, 0.2) is 0 Å². The molecule has 7 nitrogen and oxygen atoms in total. The van der Waals surface area contributed by atoms with Gasteiger partial charge in [-0.15, -0.1) is 0 Å². The molecule has 9 heteroatoms. The number of aromatic amines is 1. The molecular weight excluding hydrogens is 283 g/mol. The van der Waals surface area contributed by atoms with Crippen molar-refractivity contribution in [2.24, 2.45) is 0 Å².